The van der Waals surface area contributed by atoms with E-state index in [1.807, 2.05) is 37.3 Å². The second-order valence-corrected chi connectivity index (χ2v) is 6.00. The van der Waals surface area contributed by atoms with Gasteiger partial charge in [0.25, 0.3) is 5.91 Å². The quantitative estimate of drug-likeness (QED) is 0.843. The lowest BCUT2D eigenvalue weighted by Crippen LogP contribution is -2.31. The van der Waals surface area contributed by atoms with Crippen molar-refractivity contribution >= 4 is 23.6 Å². The molecular formula is C19H18ClNO3. The van der Waals surface area contributed by atoms with Gasteiger partial charge in [-0.1, -0.05) is 23.7 Å². The van der Waals surface area contributed by atoms with Crippen LogP contribution in [0.1, 0.15) is 11.1 Å². The van der Waals surface area contributed by atoms with Crippen LogP contribution in [0.15, 0.2) is 48.0 Å². The second-order valence-electron chi connectivity index (χ2n) is 5.56. The molecule has 1 heterocycles. The van der Waals surface area contributed by atoms with Crippen molar-refractivity contribution in [3.8, 4) is 11.5 Å². The van der Waals surface area contributed by atoms with Crippen LogP contribution >= 0.6 is 11.6 Å². The monoisotopic (exact) mass is 343 g/mol. The van der Waals surface area contributed by atoms with E-state index < -0.39 is 0 Å². The van der Waals surface area contributed by atoms with Crippen LogP contribution in [0.3, 0.4) is 0 Å². The van der Waals surface area contributed by atoms with Crippen molar-refractivity contribution in [1.29, 1.82) is 0 Å². The third-order valence-corrected chi connectivity index (χ3v) is 3.86. The van der Waals surface area contributed by atoms with E-state index in [0.717, 1.165) is 22.6 Å². The van der Waals surface area contributed by atoms with E-state index in [0.29, 0.717) is 23.7 Å². The van der Waals surface area contributed by atoms with Gasteiger partial charge in [0.05, 0.1) is 12.1 Å². The topological polar surface area (TPSA) is 47.6 Å². The first kappa shape index (κ1) is 16.4. The van der Waals surface area contributed by atoms with Crippen molar-refractivity contribution in [2.24, 2.45) is 0 Å². The van der Waals surface area contributed by atoms with Crippen LogP contribution in [0.25, 0.3) is 6.08 Å². The SMILES string of the molecule is Cc1cccc(OCCNC(=O)C2=Cc3cc(Cl)ccc3OC2)c1. The summed E-state index contributed by atoms with van der Waals surface area (Å²) in [6.07, 6.45) is 1.81. The number of hydrogen-bond acceptors (Lipinski definition) is 3. The molecule has 0 radical (unpaired) electrons. The van der Waals surface area contributed by atoms with Gasteiger partial charge in [0.1, 0.15) is 24.7 Å². The molecule has 5 heteroatoms. The van der Waals surface area contributed by atoms with Crippen molar-refractivity contribution in [3.63, 3.8) is 0 Å². The van der Waals surface area contributed by atoms with Gasteiger partial charge < -0.3 is 14.8 Å². The van der Waals surface area contributed by atoms with Crippen molar-refractivity contribution in [1.82, 2.24) is 5.32 Å². The van der Waals surface area contributed by atoms with Crippen LogP contribution in [0.5, 0.6) is 11.5 Å². The Morgan fingerprint density at radius 1 is 1.29 bits per heavy atom. The van der Waals surface area contributed by atoms with Crippen LogP contribution in [-0.2, 0) is 4.79 Å². The lowest BCUT2D eigenvalue weighted by molar-refractivity contribution is -0.117. The Hall–Kier alpha value is -2.46. The molecule has 0 fully saturated rings. The van der Waals surface area contributed by atoms with Gasteiger partial charge in [-0.15, -0.1) is 0 Å². The van der Waals surface area contributed by atoms with E-state index in [4.69, 9.17) is 21.1 Å². The molecule has 3 rings (SSSR count). The number of ether oxygens (including phenoxy) is 2. The number of halogens is 1. The summed E-state index contributed by atoms with van der Waals surface area (Å²) in [5.41, 5.74) is 2.52. The minimum absolute atomic E-state index is 0.159. The van der Waals surface area contributed by atoms with Crippen LogP contribution in [-0.4, -0.2) is 25.7 Å². The number of rotatable bonds is 5. The maximum atomic E-state index is 12.2. The Morgan fingerprint density at radius 2 is 2.17 bits per heavy atom. The largest absolute Gasteiger partial charge is 0.492 e. The Balaban J connectivity index is 1.52. The molecule has 0 unspecified atom stereocenters. The molecule has 24 heavy (non-hydrogen) atoms. The van der Waals surface area contributed by atoms with Crippen LogP contribution in [0.2, 0.25) is 5.02 Å². The minimum atomic E-state index is -0.159. The van der Waals surface area contributed by atoms with Crippen molar-refractivity contribution in [2.45, 2.75) is 6.92 Å². The zero-order valence-corrected chi connectivity index (χ0v) is 14.1. The molecule has 0 aromatic heterocycles. The molecule has 1 amide bonds. The smallest absolute Gasteiger partial charge is 0.250 e. The number of carbonyl (C=O) groups excluding carboxylic acids is 1. The predicted octanol–water partition coefficient (Wildman–Crippen LogP) is 3.62. The predicted molar refractivity (Wildman–Crippen MR) is 94.6 cm³/mol. The highest BCUT2D eigenvalue weighted by molar-refractivity contribution is 6.30. The van der Waals surface area contributed by atoms with Gasteiger partial charge in [0.2, 0.25) is 0 Å². The number of carbonyl (C=O) groups is 1. The summed E-state index contributed by atoms with van der Waals surface area (Å²) in [7, 11) is 0. The highest BCUT2D eigenvalue weighted by atomic mass is 35.5. The molecule has 0 bridgehead atoms. The van der Waals surface area contributed by atoms with E-state index in [9.17, 15) is 4.79 Å². The lowest BCUT2D eigenvalue weighted by Gasteiger charge is -2.18. The van der Waals surface area contributed by atoms with Crippen LogP contribution in [0.4, 0.5) is 0 Å². The molecule has 2 aromatic rings. The molecule has 0 atom stereocenters. The Labute approximate surface area is 146 Å². The van der Waals surface area contributed by atoms with Gasteiger partial charge in [-0.25, -0.2) is 0 Å². The highest BCUT2D eigenvalue weighted by Crippen LogP contribution is 2.28. The first-order valence-electron chi connectivity index (χ1n) is 7.72. The van der Waals surface area contributed by atoms with E-state index >= 15 is 0 Å². The molecule has 124 valence electrons. The molecule has 4 nitrogen and oxygen atoms in total. The van der Waals surface area contributed by atoms with Crippen molar-refractivity contribution < 1.29 is 14.3 Å². The van der Waals surface area contributed by atoms with E-state index in [-0.39, 0.29) is 12.5 Å². The van der Waals surface area contributed by atoms with E-state index in [2.05, 4.69) is 5.32 Å². The van der Waals surface area contributed by atoms with Gasteiger partial charge in [-0.3, -0.25) is 4.79 Å². The van der Waals surface area contributed by atoms with Gasteiger partial charge in [-0.05, 0) is 48.9 Å². The fraction of sp³-hybridized carbons (Fsp3) is 0.211. The van der Waals surface area contributed by atoms with Crippen molar-refractivity contribution in [2.75, 3.05) is 19.8 Å². The Kier molecular flexibility index (Phi) is 5.06. The maximum absolute atomic E-state index is 12.2. The number of fused-ring (bicyclic) bond motifs is 1. The standard InChI is InChI=1S/C19H18ClNO3/c1-13-3-2-4-17(9-13)23-8-7-21-19(22)15-10-14-11-16(20)5-6-18(14)24-12-15/h2-6,9-11H,7-8,12H2,1H3,(H,21,22). The van der Waals surface area contributed by atoms with Crippen LogP contribution in [0, 0.1) is 6.92 Å². The first-order valence-corrected chi connectivity index (χ1v) is 8.10. The number of hydrogen-bond donors (Lipinski definition) is 1. The van der Waals surface area contributed by atoms with E-state index in [1.54, 1.807) is 18.2 Å². The number of aryl methyl sites for hydroxylation is 1. The molecular weight excluding hydrogens is 326 g/mol. The summed E-state index contributed by atoms with van der Waals surface area (Å²) < 4.78 is 11.2. The number of nitrogens with one attached hydrogen (secondary N) is 1. The summed E-state index contributed by atoms with van der Waals surface area (Å²) >= 11 is 5.97. The van der Waals surface area contributed by atoms with E-state index in [1.165, 1.54) is 0 Å². The fourth-order valence-corrected chi connectivity index (χ4v) is 2.61. The molecule has 1 aliphatic heterocycles. The third kappa shape index (κ3) is 4.09. The maximum Gasteiger partial charge on any atom is 0.250 e. The summed E-state index contributed by atoms with van der Waals surface area (Å²) in [6.45, 7) is 3.09. The van der Waals surface area contributed by atoms with Gasteiger partial charge in [0, 0.05) is 10.6 Å². The summed E-state index contributed by atoms with van der Waals surface area (Å²) in [4.78, 5) is 12.2. The summed E-state index contributed by atoms with van der Waals surface area (Å²) in [6, 6.07) is 13.2. The van der Waals surface area contributed by atoms with Gasteiger partial charge in [0.15, 0.2) is 0 Å². The average Bonchev–Trinajstić information content (AvgIpc) is 2.58. The summed E-state index contributed by atoms with van der Waals surface area (Å²) in [5.74, 6) is 1.38. The molecule has 2 aromatic carbocycles. The van der Waals surface area contributed by atoms with Crippen LogP contribution < -0.4 is 14.8 Å². The van der Waals surface area contributed by atoms with Gasteiger partial charge >= 0.3 is 0 Å². The zero-order valence-electron chi connectivity index (χ0n) is 13.3. The number of benzene rings is 2. The molecule has 0 saturated carbocycles. The minimum Gasteiger partial charge on any atom is -0.492 e. The molecule has 1 N–H and O–H groups in total. The van der Waals surface area contributed by atoms with Crippen molar-refractivity contribution in [3.05, 3.63) is 64.2 Å². The molecule has 1 aliphatic rings. The lowest BCUT2D eigenvalue weighted by atomic mass is 10.1. The second kappa shape index (κ2) is 7.41. The normalized spacial score (nSPS) is 12.7. The fourth-order valence-electron chi connectivity index (χ4n) is 2.43. The summed E-state index contributed by atoms with van der Waals surface area (Å²) in [5, 5.41) is 3.45. The highest BCUT2D eigenvalue weighted by Gasteiger charge is 2.17. The molecule has 0 spiro atoms. The Morgan fingerprint density at radius 3 is 3.00 bits per heavy atom. The molecule has 0 aliphatic carbocycles. The molecule has 0 saturated heterocycles. The first-order chi connectivity index (χ1) is 11.6. The van der Waals surface area contributed by atoms with Gasteiger partial charge in [-0.2, -0.15) is 0 Å². The number of amides is 1. The average molecular weight is 344 g/mol. The Bertz CT molecular complexity index is 786. The third-order valence-electron chi connectivity index (χ3n) is 3.62. The zero-order chi connectivity index (χ0) is 16.9.